The average Bonchev–Trinajstić information content (AvgIpc) is 3.18. The molecule has 0 spiro atoms. The Kier molecular flexibility index (Phi) is 7.14. The lowest BCUT2D eigenvalue weighted by Gasteiger charge is -2.22. The SMILES string of the molecule is CCCC[C@](C)(O)CC=C[C@@H]1[C@H]2CC(Cc3ccc(CN)cc3)=C[C@H]2C[C@H]1O. The number of aliphatic hydroxyl groups excluding tert-OH is 1. The second-order valence-corrected chi connectivity index (χ2v) is 9.17. The van der Waals surface area contributed by atoms with Gasteiger partial charge in [-0.15, -0.1) is 0 Å². The van der Waals surface area contributed by atoms with Crippen LogP contribution in [0.4, 0.5) is 0 Å². The molecule has 5 atom stereocenters. The molecule has 4 N–H and O–H groups in total. The first kappa shape index (κ1) is 21.3. The van der Waals surface area contributed by atoms with E-state index < -0.39 is 5.60 Å². The second kappa shape index (κ2) is 9.39. The number of fused-ring (bicyclic) bond motifs is 1. The van der Waals surface area contributed by atoms with E-state index in [0.717, 1.165) is 38.5 Å². The fourth-order valence-corrected chi connectivity index (χ4v) is 4.93. The smallest absolute Gasteiger partial charge is 0.0654 e. The molecule has 3 rings (SSSR count). The monoisotopic (exact) mass is 383 g/mol. The van der Waals surface area contributed by atoms with E-state index in [4.69, 9.17) is 5.73 Å². The molecule has 0 heterocycles. The van der Waals surface area contributed by atoms with Gasteiger partial charge in [-0.1, -0.05) is 67.8 Å². The van der Waals surface area contributed by atoms with Crippen molar-refractivity contribution in [1.29, 1.82) is 0 Å². The number of rotatable bonds is 9. The molecular weight excluding hydrogens is 346 g/mol. The second-order valence-electron chi connectivity index (χ2n) is 9.17. The summed E-state index contributed by atoms with van der Waals surface area (Å²) in [6, 6.07) is 8.60. The number of nitrogens with two attached hydrogens (primary N) is 1. The third kappa shape index (κ3) is 5.34. The maximum Gasteiger partial charge on any atom is 0.0654 e. The quantitative estimate of drug-likeness (QED) is 0.549. The lowest BCUT2D eigenvalue weighted by atomic mass is 9.87. The fourth-order valence-electron chi connectivity index (χ4n) is 4.93. The van der Waals surface area contributed by atoms with Crippen molar-refractivity contribution in [2.75, 3.05) is 0 Å². The van der Waals surface area contributed by atoms with E-state index in [1.54, 1.807) is 0 Å². The maximum atomic E-state index is 10.5. The minimum Gasteiger partial charge on any atom is -0.392 e. The summed E-state index contributed by atoms with van der Waals surface area (Å²) in [6.45, 7) is 4.66. The molecule has 0 saturated heterocycles. The van der Waals surface area contributed by atoms with Crippen molar-refractivity contribution in [3.63, 3.8) is 0 Å². The van der Waals surface area contributed by atoms with E-state index in [0.29, 0.717) is 24.8 Å². The maximum absolute atomic E-state index is 10.5. The first-order chi connectivity index (χ1) is 13.4. The summed E-state index contributed by atoms with van der Waals surface area (Å²) in [7, 11) is 0. The van der Waals surface area contributed by atoms with Crippen LogP contribution in [-0.4, -0.2) is 21.9 Å². The number of benzene rings is 1. The van der Waals surface area contributed by atoms with Gasteiger partial charge in [0, 0.05) is 12.5 Å². The van der Waals surface area contributed by atoms with Gasteiger partial charge in [-0.2, -0.15) is 0 Å². The Bertz CT molecular complexity index is 689. The van der Waals surface area contributed by atoms with Crippen LogP contribution in [-0.2, 0) is 13.0 Å². The summed E-state index contributed by atoms with van der Waals surface area (Å²) >= 11 is 0. The molecule has 1 saturated carbocycles. The van der Waals surface area contributed by atoms with Crippen molar-refractivity contribution >= 4 is 0 Å². The molecule has 2 aliphatic carbocycles. The minimum atomic E-state index is -0.635. The van der Waals surface area contributed by atoms with Crippen molar-refractivity contribution in [2.45, 2.75) is 77.0 Å². The Labute approximate surface area is 170 Å². The molecule has 1 aromatic rings. The van der Waals surface area contributed by atoms with Crippen LogP contribution in [0.25, 0.3) is 0 Å². The highest BCUT2D eigenvalue weighted by Gasteiger charge is 2.43. The van der Waals surface area contributed by atoms with Gasteiger partial charge in [-0.05, 0) is 62.0 Å². The van der Waals surface area contributed by atoms with E-state index in [1.165, 1.54) is 16.7 Å². The zero-order valence-electron chi connectivity index (χ0n) is 17.5. The van der Waals surface area contributed by atoms with Gasteiger partial charge in [0.2, 0.25) is 0 Å². The largest absolute Gasteiger partial charge is 0.392 e. The van der Waals surface area contributed by atoms with Gasteiger partial charge in [0.15, 0.2) is 0 Å². The molecule has 0 unspecified atom stereocenters. The number of aliphatic hydroxyl groups is 2. The normalized spacial score (nSPS) is 29.1. The number of allylic oxidation sites excluding steroid dienone is 2. The van der Waals surface area contributed by atoms with Crippen LogP contribution in [0.5, 0.6) is 0 Å². The highest BCUT2D eigenvalue weighted by atomic mass is 16.3. The van der Waals surface area contributed by atoms with Crippen LogP contribution in [0.3, 0.4) is 0 Å². The highest BCUT2D eigenvalue weighted by Crippen LogP contribution is 2.48. The number of hydrogen-bond donors (Lipinski definition) is 3. The Morgan fingerprint density at radius 1 is 1.21 bits per heavy atom. The zero-order chi connectivity index (χ0) is 20.1. The van der Waals surface area contributed by atoms with Gasteiger partial charge in [0.1, 0.15) is 0 Å². The molecule has 0 radical (unpaired) electrons. The molecule has 0 bridgehead atoms. The molecular formula is C25H37NO2. The van der Waals surface area contributed by atoms with Gasteiger partial charge >= 0.3 is 0 Å². The summed E-state index contributed by atoms with van der Waals surface area (Å²) < 4.78 is 0. The molecule has 1 aromatic carbocycles. The molecule has 0 amide bonds. The molecule has 1 fully saturated rings. The third-order valence-corrected chi connectivity index (χ3v) is 6.62. The van der Waals surface area contributed by atoms with Crippen LogP contribution in [0.15, 0.2) is 48.1 Å². The van der Waals surface area contributed by atoms with Gasteiger partial charge in [-0.25, -0.2) is 0 Å². The third-order valence-electron chi connectivity index (χ3n) is 6.62. The predicted octanol–water partition coefficient (Wildman–Crippen LogP) is 4.52. The molecule has 0 aromatic heterocycles. The van der Waals surface area contributed by atoms with Crippen LogP contribution < -0.4 is 5.73 Å². The van der Waals surface area contributed by atoms with Crippen molar-refractivity contribution in [2.24, 2.45) is 23.5 Å². The van der Waals surface area contributed by atoms with Crippen LogP contribution in [0, 0.1) is 17.8 Å². The van der Waals surface area contributed by atoms with Gasteiger partial charge < -0.3 is 15.9 Å². The summed E-state index contributed by atoms with van der Waals surface area (Å²) in [5.74, 6) is 1.20. The zero-order valence-corrected chi connectivity index (χ0v) is 17.5. The van der Waals surface area contributed by atoms with E-state index in [1.807, 2.05) is 6.92 Å². The molecule has 3 heteroatoms. The molecule has 154 valence electrons. The number of unbranched alkanes of at least 4 members (excludes halogenated alkanes) is 1. The molecule has 2 aliphatic rings. The van der Waals surface area contributed by atoms with Crippen LogP contribution in [0.2, 0.25) is 0 Å². The average molecular weight is 384 g/mol. The first-order valence-electron chi connectivity index (χ1n) is 11.0. The Hall–Kier alpha value is -1.42. The van der Waals surface area contributed by atoms with E-state index in [9.17, 15) is 10.2 Å². The molecule has 3 nitrogen and oxygen atoms in total. The lowest BCUT2D eigenvalue weighted by Crippen LogP contribution is -2.23. The van der Waals surface area contributed by atoms with Crippen LogP contribution >= 0.6 is 0 Å². The lowest BCUT2D eigenvalue weighted by molar-refractivity contribution is 0.0513. The highest BCUT2D eigenvalue weighted by molar-refractivity contribution is 5.30. The van der Waals surface area contributed by atoms with Crippen LogP contribution in [0.1, 0.15) is 63.5 Å². The molecule has 0 aliphatic heterocycles. The Morgan fingerprint density at radius 3 is 2.61 bits per heavy atom. The summed E-state index contributed by atoms with van der Waals surface area (Å²) in [5, 5.41) is 21.0. The topological polar surface area (TPSA) is 66.5 Å². The first-order valence-corrected chi connectivity index (χ1v) is 11.0. The van der Waals surface area contributed by atoms with Crippen molar-refractivity contribution < 1.29 is 10.2 Å². The summed E-state index contributed by atoms with van der Waals surface area (Å²) in [4.78, 5) is 0. The summed E-state index contributed by atoms with van der Waals surface area (Å²) in [6.07, 6.45) is 13.0. The minimum absolute atomic E-state index is 0.209. The molecule has 28 heavy (non-hydrogen) atoms. The van der Waals surface area contributed by atoms with E-state index in [-0.39, 0.29) is 12.0 Å². The van der Waals surface area contributed by atoms with Crippen molar-refractivity contribution in [1.82, 2.24) is 0 Å². The number of hydrogen-bond acceptors (Lipinski definition) is 3. The van der Waals surface area contributed by atoms with Crippen molar-refractivity contribution in [3.8, 4) is 0 Å². The van der Waals surface area contributed by atoms with Gasteiger partial charge in [-0.3, -0.25) is 0 Å². The van der Waals surface area contributed by atoms with Crippen molar-refractivity contribution in [3.05, 3.63) is 59.2 Å². The van der Waals surface area contributed by atoms with Gasteiger partial charge in [0.05, 0.1) is 11.7 Å². The van der Waals surface area contributed by atoms with E-state index in [2.05, 4.69) is 49.4 Å². The van der Waals surface area contributed by atoms with Gasteiger partial charge in [0.25, 0.3) is 0 Å². The standard InChI is InChI=1S/C25H37NO2/c1-3-4-11-25(2,28)12-5-6-22-23-15-20(14-21(23)16-24(22)27)13-18-7-9-19(17-26)10-8-18/h5-10,14,21-24,27-28H,3-4,11-13,15-17,26H2,1-2H3/t21-,22+,23-,24+,25-/m0/s1. The van der Waals surface area contributed by atoms with E-state index >= 15 is 0 Å². The fraction of sp³-hybridized carbons (Fsp3) is 0.600. The summed E-state index contributed by atoms with van der Waals surface area (Å²) in [5.41, 5.74) is 9.06. The predicted molar refractivity (Wildman–Crippen MR) is 116 cm³/mol. The Morgan fingerprint density at radius 2 is 1.93 bits per heavy atom. The Balaban J connectivity index is 1.56.